The van der Waals surface area contributed by atoms with Crippen LogP contribution in [-0.4, -0.2) is 23.9 Å². The average molecular weight is 400 g/mol. The Hall–Kier alpha value is -1.11. The summed E-state index contributed by atoms with van der Waals surface area (Å²) in [5.41, 5.74) is 0.503. The smallest absolute Gasteiger partial charge is 0.250 e. The molecule has 1 N–H and O–H groups in total. The minimum absolute atomic E-state index is 0.0296. The van der Waals surface area contributed by atoms with E-state index >= 15 is 0 Å². The van der Waals surface area contributed by atoms with Crippen molar-refractivity contribution in [1.29, 1.82) is 0 Å². The van der Waals surface area contributed by atoms with E-state index in [1.807, 2.05) is 52.0 Å². The van der Waals surface area contributed by atoms with Crippen molar-refractivity contribution in [3.05, 3.63) is 27.8 Å². The summed E-state index contributed by atoms with van der Waals surface area (Å²) in [7, 11) is 0. The molecule has 114 valence electrons. The third kappa shape index (κ3) is 3.07. The molecular formula is C16H21IN2O2. The molecule has 0 aliphatic carbocycles. The summed E-state index contributed by atoms with van der Waals surface area (Å²) in [5.74, 6) is -0.102. The van der Waals surface area contributed by atoms with Crippen molar-refractivity contribution >= 4 is 40.1 Å². The molecule has 0 bridgehead atoms. The molecule has 5 heteroatoms. The fourth-order valence-corrected chi connectivity index (χ4v) is 3.25. The summed E-state index contributed by atoms with van der Waals surface area (Å²) < 4.78 is 0.976. The Labute approximate surface area is 139 Å². The molecule has 0 spiro atoms. The zero-order valence-corrected chi connectivity index (χ0v) is 15.0. The van der Waals surface area contributed by atoms with Gasteiger partial charge in [0, 0.05) is 3.57 Å². The highest BCUT2D eigenvalue weighted by molar-refractivity contribution is 14.1. The molecule has 2 amide bonds. The number of carbonyl (C=O) groups is 2. The molecular weight excluding hydrogens is 379 g/mol. The van der Waals surface area contributed by atoms with Gasteiger partial charge in [-0.3, -0.25) is 14.5 Å². The topological polar surface area (TPSA) is 49.4 Å². The van der Waals surface area contributed by atoms with Crippen molar-refractivity contribution in [2.24, 2.45) is 5.41 Å². The van der Waals surface area contributed by atoms with E-state index < -0.39 is 12.1 Å². The van der Waals surface area contributed by atoms with Gasteiger partial charge in [0.05, 0.1) is 5.69 Å². The number of rotatable bonds is 2. The van der Waals surface area contributed by atoms with Gasteiger partial charge in [0.1, 0.15) is 12.1 Å². The number of hydrogen-bond donors (Lipinski definition) is 1. The minimum atomic E-state index is -0.496. The molecule has 21 heavy (non-hydrogen) atoms. The number of nitrogens with one attached hydrogen (secondary N) is 1. The van der Waals surface area contributed by atoms with Crippen molar-refractivity contribution in [1.82, 2.24) is 5.32 Å². The first-order valence-corrected chi connectivity index (χ1v) is 8.23. The van der Waals surface area contributed by atoms with Crippen molar-refractivity contribution in [2.75, 3.05) is 4.90 Å². The number of anilines is 1. The number of piperazine rings is 1. The number of benzene rings is 1. The molecule has 2 atom stereocenters. The number of halogens is 1. The SMILES string of the molecule is CCC1C(=O)NC(C(C)(C)C)C(=O)N1c1ccccc1I. The lowest BCUT2D eigenvalue weighted by Crippen LogP contribution is -2.66. The van der Waals surface area contributed by atoms with Gasteiger partial charge in [0.2, 0.25) is 5.91 Å². The molecule has 1 aliphatic heterocycles. The Balaban J connectivity index is 2.50. The van der Waals surface area contributed by atoms with Gasteiger partial charge in [0.25, 0.3) is 5.91 Å². The molecule has 1 fully saturated rings. The van der Waals surface area contributed by atoms with Crippen molar-refractivity contribution in [3.8, 4) is 0 Å². The molecule has 1 heterocycles. The lowest BCUT2D eigenvalue weighted by Gasteiger charge is -2.43. The molecule has 1 aromatic carbocycles. The van der Waals surface area contributed by atoms with Crippen LogP contribution >= 0.6 is 22.6 Å². The molecule has 0 radical (unpaired) electrons. The number of carbonyl (C=O) groups excluding carboxylic acids is 2. The van der Waals surface area contributed by atoms with Crippen molar-refractivity contribution in [2.45, 2.75) is 46.2 Å². The quantitative estimate of drug-likeness (QED) is 0.777. The molecule has 4 nitrogen and oxygen atoms in total. The normalized spacial score (nSPS) is 23.2. The van der Waals surface area contributed by atoms with E-state index in [9.17, 15) is 9.59 Å². The lowest BCUT2D eigenvalue weighted by molar-refractivity contribution is -0.136. The molecule has 0 aromatic heterocycles. The van der Waals surface area contributed by atoms with Gasteiger partial charge < -0.3 is 5.32 Å². The standard InChI is InChI=1S/C16H21IN2O2/c1-5-11-14(20)18-13(16(2,3)4)15(21)19(11)12-9-7-6-8-10(12)17/h6-9,11,13H,5H2,1-4H3,(H,18,20). The second-order valence-electron chi connectivity index (χ2n) is 6.39. The van der Waals surface area contributed by atoms with Crippen LogP contribution in [0.25, 0.3) is 0 Å². The fourth-order valence-electron chi connectivity index (χ4n) is 2.60. The van der Waals surface area contributed by atoms with Crippen LogP contribution in [0.4, 0.5) is 5.69 Å². The highest BCUT2D eigenvalue weighted by atomic mass is 127. The highest BCUT2D eigenvalue weighted by Gasteiger charge is 2.45. The van der Waals surface area contributed by atoms with Crippen LogP contribution in [0, 0.1) is 8.99 Å². The molecule has 1 aliphatic rings. The molecule has 1 saturated heterocycles. The monoisotopic (exact) mass is 400 g/mol. The van der Waals surface area contributed by atoms with Crippen molar-refractivity contribution < 1.29 is 9.59 Å². The Morgan fingerprint density at radius 1 is 1.24 bits per heavy atom. The van der Waals surface area contributed by atoms with Gasteiger partial charge in [-0.1, -0.05) is 39.8 Å². The predicted octanol–water partition coefficient (Wildman–Crippen LogP) is 2.95. The van der Waals surface area contributed by atoms with Crippen LogP contribution in [-0.2, 0) is 9.59 Å². The Bertz CT molecular complexity index is 566. The van der Waals surface area contributed by atoms with Crippen LogP contribution in [0.15, 0.2) is 24.3 Å². The van der Waals surface area contributed by atoms with Gasteiger partial charge in [-0.2, -0.15) is 0 Å². The van der Waals surface area contributed by atoms with Crippen LogP contribution in [0.1, 0.15) is 34.1 Å². The Kier molecular flexibility index (Phi) is 4.60. The number of nitrogens with zero attached hydrogens (tertiary/aromatic N) is 1. The number of hydrogen-bond acceptors (Lipinski definition) is 2. The summed E-state index contributed by atoms with van der Waals surface area (Å²) >= 11 is 2.21. The first-order valence-electron chi connectivity index (χ1n) is 7.15. The number of para-hydroxylation sites is 1. The zero-order chi connectivity index (χ0) is 15.8. The number of amides is 2. The first kappa shape index (κ1) is 16.3. The zero-order valence-electron chi connectivity index (χ0n) is 12.8. The second kappa shape index (κ2) is 5.94. The maximum atomic E-state index is 12.9. The fraction of sp³-hybridized carbons (Fsp3) is 0.500. The Morgan fingerprint density at radius 3 is 2.38 bits per heavy atom. The predicted molar refractivity (Wildman–Crippen MR) is 92.1 cm³/mol. The molecule has 0 saturated carbocycles. The molecule has 2 rings (SSSR count). The van der Waals surface area contributed by atoms with Gasteiger partial charge in [-0.05, 0) is 46.6 Å². The minimum Gasteiger partial charge on any atom is -0.342 e. The molecule has 1 aromatic rings. The maximum Gasteiger partial charge on any atom is 0.250 e. The van der Waals surface area contributed by atoms with E-state index in [0.717, 1.165) is 9.26 Å². The lowest BCUT2D eigenvalue weighted by atomic mass is 9.83. The van der Waals surface area contributed by atoms with Crippen LogP contribution in [0.3, 0.4) is 0 Å². The van der Waals surface area contributed by atoms with Crippen LogP contribution in [0.2, 0.25) is 0 Å². The van der Waals surface area contributed by atoms with E-state index in [0.29, 0.717) is 6.42 Å². The first-order chi connectivity index (χ1) is 9.77. The third-order valence-electron chi connectivity index (χ3n) is 3.75. The second-order valence-corrected chi connectivity index (χ2v) is 7.55. The van der Waals surface area contributed by atoms with Crippen LogP contribution in [0.5, 0.6) is 0 Å². The van der Waals surface area contributed by atoms with Crippen molar-refractivity contribution in [3.63, 3.8) is 0 Å². The van der Waals surface area contributed by atoms with E-state index in [-0.39, 0.29) is 17.2 Å². The van der Waals surface area contributed by atoms with E-state index in [2.05, 4.69) is 27.9 Å². The summed E-state index contributed by atoms with van der Waals surface area (Å²) in [6.07, 6.45) is 0.597. The van der Waals surface area contributed by atoms with E-state index in [1.165, 1.54) is 0 Å². The van der Waals surface area contributed by atoms with E-state index in [1.54, 1.807) is 4.90 Å². The Morgan fingerprint density at radius 2 is 1.86 bits per heavy atom. The van der Waals surface area contributed by atoms with Gasteiger partial charge in [0.15, 0.2) is 0 Å². The maximum absolute atomic E-state index is 12.9. The van der Waals surface area contributed by atoms with Crippen LogP contribution < -0.4 is 10.2 Å². The summed E-state index contributed by atoms with van der Waals surface area (Å²) in [6.45, 7) is 7.83. The molecule has 2 unspecified atom stereocenters. The van der Waals surface area contributed by atoms with Gasteiger partial charge in [-0.25, -0.2) is 0 Å². The van der Waals surface area contributed by atoms with Gasteiger partial charge in [-0.15, -0.1) is 0 Å². The average Bonchev–Trinajstić information content (AvgIpc) is 2.40. The summed E-state index contributed by atoms with van der Waals surface area (Å²) in [4.78, 5) is 27.0. The summed E-state index contributed by atoms with van der Waals surface area (Å²) in [6, 6.07) is 6.75. The third-order valence-corrected chi connectivity index (χ3v) is 4.66. The van der Waals surface area contributed by atoms with E-state index in [4.69, 9.17) is 0 Å². The summed E-state index contributed by atoms with van der Waals surface area (Å²) in [5, 5.41) is 2.89. The van der Waals surface area contributed by atoms with Gasteiger partial charge >= 0.3 is 0 Å². The largest absolute Gasteiger partial charge is 0.342 e. The highest BCUT2D eigenvalue weighted by Crippen LogP contribution is 2.32.